The quantitative estimate of drug-likeness (QED) is 0.629. The number of hydrogen-bond acceptors (Lipinski definition) is 4. The molecule has 5 nitrogen and oxygen atoms in total. The normalized spacial score (nSPS) is 12.5. The van der Waals surface area contributed by atoms with Crippen molar-refractivity contribution in [3.05, 3.63) is 17.7 Å². The molecule has 1 aromatic carbocycles. The van der Waals surface area contributed by atoms with Gasteiger partial charge in [-0.15, -0.1) is 0 Å². The van der Waals surface area contributed by atoms with Crippen LogP contribution in [0.25, 0.3) is 0 Å². The van der Waals surface area contributed by atoms with Crippen LogP contribution in [0, 0.1) is 0 Å². The monoisotopic (exact) mass is 271 g/mol. The zero-order valence-corrected chi connectivity index (χ0v) is 9.26. The fourth-order valence-corrected chi connectivity index (χ4v) is 1.80. The Balaban J connectivity index is 3.57. The van der Waals surface area contributed by atoms with Gasteiger partial charge in [0.1, 0.15) is 10.6 Å². The number of anilines is 1. The summed E-state index contributed by atoms with van der Waals surface area (Å²) >= 11 is 0. The number of ether oxygens (including phenoxy) is 1. The van der Waals surface area contributed by atoms with Crippen molar-refractivity contribution in [2.24, 2.45) is 0 Å². The molecule has 0 amide bonds. The predicted molar refractivity (Wildman–Crippen MR) is 52.2 cm³/mol. The van der Waals surface area contributed by atoms with E-state index in [1.54, 1.807) is 0 Å². The van der Waals surface area contributed by atoms with Gasteiger partial charge in [-0.1, -0.05) is 0 Å². The van der Waals surface area contributed by atoms with Crippen LogP contribution in [0.2, 0.25) is 0 Å². The second kappa shape index (κ2) is 4.08. The van der Waals surface area contributed by atoms with Crippen molar-refractivity contribution in [1.29, 1.82) is 0 Å². The van der Waals surface area contributed by atoms with E-state index in [1.807, 2.05) is 0 Å². The van der Waals surface area contributed by atoms with Crippen molar-refractivity contribution in [2.75, 3.05) is 12.8 Å². The maximum absolute atomic E-state index is 12.5. The molecule has 0 aliphatic carbocycles. The molecule has 0 saturated carbocycles. The SMILES string of the molecule is COc1cc(S(=O)(=O)O)c(N)cc1C(F)(F)F. The molecular weight excluding hydrogens is 263 g/mol. The summed E-state index contributed by atoms with van der Waals surface area (Å²) in [4.78, 5) is -0.831. The molecule has 0 aliphatic heterocycles. The fourth-order valence-electron chi connectivity index (χ4n) is 1.19. The Kier molecular flexibility index (Phi) is 3.26. The van der Waals surface area contributed by atoms with E-state index in [4.69, 9.17) is 10.3 Å². The van der Waals surface area contributed by atoms with Crippen LogP contribution in [0.3, 0.4) is 0 Å². The average Bonchev–Trinajstić information content (AvgIpc) is 2.14. The number of alkyl halides is 3. The lowest BCUT2D eigenvalue weighted by Crippen LogP contribution is -2.11. The Hall–Kier alpha value is -1.48. The first-order chi connectivity index (χ1) is 7.57. The molecule has 9 heteroatoms. The molecule has 0 aliphatic rings. The zero-order valence-electron chi connectivity index (χ0n) is 8.45. The number of hydrogen-bond donors (Lipinski definition) is 2. The average molecular weight is 271 g/mol. The van der Waals surface area contributed by atoms with E-state index in [2.05, 4.69) is 4.74 Å². The van der Waals surface area contributed by atoms with Crippen LogP contribution in [-0.2, 0) is 16.3 Å². The van der Waals surface area contributed by atoms with Crippen LogP contribution in [0.5, 0.6) is 5.75 Å². The highest BCUT2D eigenvalue weighted by Crippen LogP contribution is 2.39. The summed E-state index contributed by atoms with van der Waals surface area (Å²) < 4.78 is 72.3. The van der Waals surface area contributed by atoms with Gasteiger partial charge in [0.05, 0.1) is 18.4 Å². The molecular formula is C8H8F3NO4S. The molecule has 0 spiro atoms. The minimum atomic E-state index is -4.74. The van der Waals surface area contributed by atoms with Crippen LogP contribution < -0.4 is 10.5 Å². The first-order valence-electron chi connectivity index (χ1n) is 4.09. The molecule has 0 saturated heterocycles. The largest absolute Gasteiger partial charge is 0.496 e. The lowest BCUT2D eigenvalue weighted by molar-refractivity contribution is -0.138. The van der Waals surface area contributed by atoms with Crippen LogP contribution >= 0.6 is 0 Å². The summed E-state index contributed by atoms with van der Waals surface area (Å²) in [6.07, 6.45) is -4.74. The number of methoxy groups -OCH3 is 1. The molecule has 0 fully saturated rings. The van der Waals surface area contributed by atoms with Gasteiger partial charge in [-0.2, -0.15) is 21.6 Å². The van der Waals surface area contributed by atoms with Gasteiger partial charge in [-0.3, -0.25) is 4.55 Å². The number of nitrogens with two attached hydrogens (primary N) is 1. The molecule has 0 radical (unpaired) electrons. The van der Waals surface area contributed by atoms with Gasteiger partial charge in [0.15, 0.2) is 0 Å². The van der Waals surface area contributed by atoms with Gasteiger partial charge in [-0.25, -0.2) is 0 Å². The molecule has 0 atom stereocenters. The molecule has 96 valence electrons. The second-order valence-electron chi connectivity index (χ2n) is 3.06. The summed E-state index contributed by atoms with van der Waals surface area (Å²) in [6, 6.07) is 0.912. The van der Waals surface area contributed by atoms with E-state index < -0.39 is 38.2 Å². The lowest BCUT2D eigenvalue weighted by Gasteiger charge is -2.14. The lowest BCUT2D eigenvalue weighted by atomic mass is 10.1. The standard InChI is InChI=1S/C8H8F3NO4S/c1-16-6-3-7(17(13,14)15)5(12)2-4(6)8(9,10)11/h2-3H,12H2,1H3,(H,13,14,15). The van der Waals surface area contributed by atoms with Gasteiger partial charge in [0.2, 0.25) is 0 Å². The Bertz CT molecular complexity index is 538. The van der Waals surface area contributed by atoms with Crippen LogP contribution in [-0.4, -0.2) is 20.1 Å². The molecule has 0 heterocycles. The Morgan fingerprint density at radius 2 is 1.88 bits per heavy atom. The number of halogens is 3. The van der Waals surface area contributed by atoms with Crippen molar-refractivity contribution in [1.82, 2.24) is 0 Å². The van der Waals surface area contributed by atoms with Gasteiger partial charge < -0.3 is 10.5 Å². The van der Waals surface area contributed by atoms with E-state index in [0.29, 0.717) is 12.1 Å². The third-order valence-electron chi connectivity index (χ3n) is 1.92. The molecule has 17 heavy (non-hydrogen) atoms. The molecule has 1 rings (SSSR count). The van der Waals surface area contributed by atoms with Gasteiger partial charge in [0.25, 0.3) is 10.1 Å². The zero-order chi connectivity index (χ0) is 13.4. The maximum atomic E-state index is 12.5. The summed E-state index contributed by atoms with van der Waals surface area (Å²) in [5.41, 5.74) is 3.21. The highest BCUT2D eigenvalue weighted by molar-refractivity contribution is 7.86. The van der Waals surface area contributed by atoms with E-state index in [-0.39, 0.29) is 0 Å². The highest BCUT2D eigenvalue weighted by Gasteiger charge is 2.36. The summed E-state index contributed by atoms with van der Waals surface area (Å²) in [5.74, 6) is -0.737. The maximum Gasteiger partial charge on any atom is 0.420 e. The number of benzene rings is 1. The Labute approximate surface area is 94.7 Å². The third kappa shape index (κ3) is 2.80. The number of rotatable bonds is 2. The summed E-state index contributed by atoms with van der Waals surface area (Å²) in [7, 11) is -3.76. The number of nitrogen functional groups attached to an aromatic ring is 1. The summed E-state index contributed by atoms with van der Waals surface area (Å²) in [6.45, 7) is 0. The van der Waals surface area contributed by atoms with Crippen LogP contribution in [0.1, 0.15) is 5.56 Å². The predicted octanol–water partition coefficient (Wildman–Crippen LogP) is 1.54. The molecule has 3 N–H and O–H groups in total. The molecule has 1 aromatic rings. The van der Waals surface area contributed by atoms with E-state index >= 15 is 0 Å². The molecule has 0 aromatic heterocycles. The highest BCUT2D eigenvalue weighted by atomic mass is 32.2. The van der Waals surface area contributed by atoms with Crippen molar-refractivity contribution < 1.29 is 30.9 Å². The third-order valence-corrected chi connectivity index (χ3v) is 2.82. The van der Waals surface area contributed by atoms with Crippen LogP contribution in [0.4, 0.5) is 18.9 Å². The first-order valence-corrected chi connectivity index (χ1v) is 5.53. The first kappa shape index (κ1) is 13.6. The molecule has 0 bridgehead atoms. The van der Waals surface area contributed by atoms with Crippen molar-refractivity contribution in [2.45, 2.75) is 11.1 Å². The fraction of sp³-hybridized carbons (Fsp3) is 0.250. The van der Waals surface area contributed by atoms with Gasteiger partial charge >= 0.3 is 6.18 Å². The minimum absolute atomic E-state index is 0.391. The van der Waals surface area contributed by atoms with Gasteiger partial charge in [0, 0.05) is 6.07 Å². The van der Waals surface area contributed by atoms with Gasteiger partial charge in [-0.05, 0) is 6.07 Å². The van der Waals surface area contributed by atoms with E-state index in [9.17, 15) is 21.6 Å². The summed E-state index contributed by atoms with van der Waals surface area (Å²) in [5, 5.41) is 0. The Morgan fingerprint density at radius 3 is 2.24 bits per heavy atom. The van der Waals surface area contributed by atoms with Crippen molar-refractivity contribution in [3.8, 4) is 5.75 Å². The van der Waals surface area contributed by atoms with Crippen LogP contribution in [0.15, 0.2) is 17.0 Å². The van der Waals surface area contributed by atoms with Crippen molar-refractivity contribution in [3.63, 3.8) is 0 Å². The van der Waals surface area contributed by atoms with E-state index in [1.165, 1.54) is 0 Å². The smallest absolute Gasteiger partial charge is 0.420 e. The van der Waals surface area contributed by atoms with E-state index in [0.717, 1.165) is 7.11 Å². The molecule has 0 unspecified atom stereocenters. The van der Waals surface area contributed by atoms with Crippen molar-refractivity contribution >= 4 is 15.8 Å². The second-order valence-corrected chi connectivity index (χ2v) is 4.45. The topological polar surface area (TPSA) is 89.6 Å². The minimum Gasteiger partial charge on any atom is -0.496 e. The Morgan fingerprint density at radius 1 is 1.35 bits per heavy atom.